The van der Waals surface area contributed by atoms with Crippen molar-refractivity contribution in [3.05, 3.63) is 59.7 Å². The minimum Gasteiger partial charge on any atom is -0.496 e. The maximum absolute atomic E-state index is 12.5. The zero-order valence-corrected chi connectivity index (χ0v) is 11.6. The van der Waals surface area contributed by atoms with Crippen LogP contribution < -0.4 is 9.88 Å². The molecule has 2 aromatic rings. The van der Waals surface area contributed by atoms with E-state index in [2.05, 4.69) is 0 Å². The first kappa shape index (κ1) is 14.2. The predicted molar refractivity (Wildman–Crippen MR) is 74.2 cm³/mol. The Bertz CT molecular complexity index is 753. The quantitative estimate of drug-likeness (QED) is 0.866. The molecule has 104 valence electrons. The van der Waals surface area contributed by atoms with E-state index in [-0.39, 0.29) is 16.0 Å². The number of methoxy groups -OCH3 is 1. The molecular weight excluding hydrogens is 278 g/mol. The Morgan fingerprint density at radius 1 is 1.00 bits per heavy atom. The zero-order valence-electron chi connectivity index (χ0n) is 10.7. The highest BCUT2D eigenvalue weighted by molar-refractivity contribution is 7.89. The molecule has 0 spiro atoms. The molecule has 0 aliphatic rings. The first-order valence-corrected chi connectivity index (χ1v) is 7.29. The number of ether oxygens (including phenoxy) is 1. The average Bonchev–Trinajstić information content (AvgIpc) is 2.45. The van der Waals surface area contributed by atoms with E-state index in [0.717, 1.165) is 0 Å². The largest absolute Gasteiger partial charge is 0.496 e. The van der Waals surface area contributed by atoms with Crippen LogP contribution in [0.2, 0.25) is 0 Å². The second-order valence-corrected chi connectivity index (χ2v) is 5.60. The topological polar surface area (TPSA) is 86.5 Å². The minimum atomic E-state index is -3.97. The van der Waals surface area contributed by atoms with E-state index in [1.807, 2.05) is 0 Å². The molecule has 5 nitrogen and oxygen atoms in total. The smallest absolute Gasteiger partial charge is 0.238 e. The summed E-state index contributed by atoms with van der Waals surface area (Å²) in [7, 11) is -2.53. The minimum absolute atomic E-state index is 0.0273. The van der Waals surface area contributed by atoms with Crippen LogP contribution in [0, 0.1) is 0 Å². The van der Waals surface area contributed by atoms with Crippen molar-refractivity contribution in [3.8, 4) is 5.75 Å². The molecule has 20 heavy (non-hydrogen) atoms. The predicted octanol–water partition coefficient (Wildman–Crippen LogP) is 1.57. The Kier molecular flexibility index (Phi) is 3.87. The van der Waals surface area contributed by atoms with Gasteiger partial charge in [0.15, 0.2) is 5.78 Å². The first-order valence-electron chi connectivity index (χ1n) is 5.74. The van der Waals surface area contributed by atoms with Gasteiger partial charge < -0.3 is 4.74 Å². The van der Waals surface area contributed by atoms with Crippen molar-refractivity contribution >= 4 is 15.8 Å². The van der Waals surface area contributed by atoms with Crippen LogP contribution in [0.5, 0.6) is 5.75 Å². The van der Waals surface area contributed by atoms with E-state index in [1.165, 1.54) is 25.3 Å². The van der Waals surface area contributed by atoms with E-state index < -0.39 is 15.8 Å². The molecule has 0 aliphatic carbocycles. The van der Waals surface area contributed by atoms with E-state index in [4.69, 9.17) is 9.88 Å². The van der Waals surface area contributed by atoms with Crippen LogP contribution in [0.25, 0.3) is 0 Å². The van der Waals surface area contributed by atoms with Crippen molar-refractivity contribution in [2.75, 3.05) is 7.11 Å². The molecule has 0 aliphatic heterocycles. The molecule has 0 radical (unpaired) electrons. The van der Waals surface area contributed by atoms with Gasteiger partial charge in [-0.25, -0.2) is 13.6 Å². The van der Waals surface area contributed by atoms with Crippen molar-refractivity contribution < 1.29 is 17.9 Å². The molecule has 0 saturated carbocycles. The number of benzene rings is 2. The van der Waals surface area contributed by atoms with E-state index in [9.17, 15) is 13.2 Å². The number of sulfonamides is 1. The number of rotatable bonds is 4. The second kappa shape index (κ2) is 5.44. The van der Waals surface area contributed by atoms with E-state index in [1.54, 1.807) is 30.3 Å². The Morgan fingerprint density at radius 3 is 2.15 bits per heavy atom. The highest BCUT2D eigenvalue weighted by Crippen LogP contribution is 2.24. The second-order valence-electron chi connectivity index (χ2n) is 4.07. The van der Waals surface area contributed by atoms with Gasteiger partial charge in [0.05, 0.1) is 17.6 Å². The Balaban J connectivity index is 2.61. The summed E-state index contributed by atoms with van der Waals surface area (Å²) in [4.78, 5) is 12.3. The van der Waals surface area contributed by atoms with Crippen LogP contribution in [0.1, 0.15) is 15.9 Å². The lowest BCUT2D eigenvalue weighted by molar-refractivity contribution is 0.103. The van der Waals surface area contributed by atoms with Crippen LogP contribution in [0.15, 0.2) is 53.4 Å². The van der Waals surface area contributed by atoms with Gasteiger partial charge in [0, 0.05) is 5.56 Å². The van der Waals surface area contributed by atoms with E-state index in [0.29, 0.717) is 5.75 Å². The maximum Gasteiger partial charge on any atom is 0.238 e. The van der Waals surface area contributed by atoms with Crippen molar-refractivity contribution in [1.82, 2.24) is 0 Å². The van der Waals surface area contributed by atoms with Gasteiger partial charge in [-0.05, 0) is 24.3 Å². The SMILES string of the molecule is COc1ccccc1C(=O)c1ccccc1S(N)(=O)=O. The van der Waals surface area contributed by atoms with Crippen molar-refractivity contribution in [2.45, 2.75) is 4.90 Å². The number of carbonyl (C=O) groups excluding carboxylic acids is 1. The normalized spacial score (nSPS) is 11.1. The van der Waals surface area contributed by atoms with Crippen molar-refractivity contribution in [1.29, 1.82) is 0 Å². The maximum atomic E-state index is 12.5. The summed E-state index contributed by atoms with van der Waals surface area (Å²) in [6.07, 6.45) is 0. The third kappa shape index (κ3) is 2.71. The summed E-state index contributed by atoms with van der Waals surface area (Å²) in [5.41, 5.74) is 0.311. The number of hydrogen-bond donors (Lipinski definition) is 1. The molecule has 0 bridgehead atoms. The molecular formula is C14H13NO4S. The summed E-state index contributed by atoms with van der Waals surface area (Å²) in [6.45, 7) is 0. The average molecular weight is 291 g/mol. The van der Waals surface area contributed by atoms with Crippen LogP contribution in [-0.4, -0.2) is 21.3 Å². The van der Waals surface area contributed by atoms with Gasteiger partial charge in [0.1, 0.15) is 5.75 Å². The van der Waals surface area contributed by atoms with Gasteiger partial charge in [0.25, 0.3) is 0 Å². The fourth-order valence-electron chi connectivity index (χ4n) is 1.88. The van der Waals surface area contributed by atoms with Crippen LogP contribution >= 0.6 is 0 Å². The molecule has 0 aromatic heterocycles. The van der Waals surface area contributed by atoms with Crippen molar-refractivity contribution in [3.63, 3.8) is 0 Å². The number of ketones is 1. The number of para-hydroxylation sites is 1. The Morgan fingerprint density at radius 2 is 1.55 bits per heavy atom. The zero-order chi connectivity index (χ0) is 14.8. The summed E-state index contributed by atoms with van der Waals surface area (Å²) in [5.74, 6) is -0.0752. The van der Waals surface area contributed by atoms with E-state index >= 15 is 0 Å². The molecule has 0 fully saturated rings. The molecule has 6 heteroatoms. The molecule has 0 atom stereocenters. The van der Waals surface area contributed by atoms with Crippen molar-refractivity contribution in [2.24, 2.45) is 5.14 Å². The summed E-state index contributed by atoms with van der Waals surface area (Å²) < 4.78 is 28.2. The van der Waals surface area contributed by atoms with Gasteiger partial charge in [-0.1, -0.05) is 24.3 Å². The highest BCUT2D eigenvalue weighted by atomic mass is 32.2. The number of hydrogen-bond acceptors (Lipinski definition) is 4. The number of primary sulfonamides is 1. The van der Waals surface area contributed by atoms with Gasteiger partial charge in [0.2, 0.25) is 10.0 Å². The van der Waals surface area contributed by atoms with Gasteiger partial charge >= 0.3 is 0 Å². The summed E-state index contributed by atoms with van der Waals surface area (Å²) in [6, 6.07) is 12.4. The van der Waals surface area contributed by atoms with Crippen LogP contribution in [-0.2, 0) is 10.0 Å². The van der Waals surface area contributed by atoms with Gasteiger partial charge in [-0.3, -0.25) is 4.79 Å². The molecule has 2 aromatic carbocycles. The molecule has 0 saturated heterocycles. The first-order chi connectivity index (χ1) is 9.45. The van der Waals surface area contributed by atoms with Crippen LogP contribution in [0.3, 0.4) is 0 Å². The standard InChI is InChI=1S/C14H13NO4S/c1-19-12-8-4-2-6-10(12)14(16)11-7-3-5-9-13(11)20(15,17)18/h2-9H,1H3,(H2,15,17,18). The highest BCUT2D eigenvalue weighted by Gasteiger charge is 2.21. The molecule has 0 unspecified atom stereocenters. The Labute approximate surface area is 117 Å². The third-order valence-corrected chi connectivity index (χ3v) is 3.76. The van der Waals surface area contributed by atoms with Gasteiger partial charge in [-0.15, -0.1) is 0 Å². The number of carbonyl (C=O) groups is 1. The van der Waals surface area contributed by atoms with Gasteiger partial charge in [-0.2, -0.15) is 0 Å². The lowest BCUT2D eigenvalue weighted by atomic mass is 10.0. The molecule has 2 N–H and O–H groups in total. The Hall–Kier alpha value is -2.18. The van der Waals surface area contributed by atoms with Crippen LogP contribution in [0.4, 0.5) is 0 Å². The fourth-order valence-corrected chi connectivity index (χ4v) is 2.62. The molecule has 0 heterocycles. The lowest BCUT2D eigenvalue weighted by Crippen LogP contribution is -2.17. The number of nitrogens with two attached hydrogens (primary N) is 1. The monoisotopic (exact) mass is 291 g/mol. The summed E-state index contributed by atoms with van der Waals surface area (Å²) in [5, 5.41) is 5.13. The lowest BCUT2D eigenvalue weighted by Gasteiger charge is -2.09. The molecule has 0 amide bonds. The molecule has 2 rings (SSSR count). The third-order valence-electron chi connectivity index (χ3n) is 2.79. The summed E-state index contributed by atoms with van der Waals surface area (Å²) >= 11 is 0. The fraction of sp³-hybridized carbons (Fsp3) is 0.0714.